The van der Waals surface area contributed by atoms with Gasteiger partial charge in [0.2, 0.25) is 11.8 Å². The average Bonchev–Trinajstić information content (AvgIpc) is 3.90. The van der Waals surface area contributed by atoms with Crippen molar-refractivity contribution in [2.45, 2.75) is 94.7 Å². The maximum absolute atomic E-state index is 12.6. The molecule has 4 aromatic carbocycles. The van der Waals surface area contributed by atoms with Crippen LogP contribution in [0.1, 0.15) is 91.1 Å². The molecule has 0 aliphatic carbocycles. The summed E-state index contributed by atoms with van der Waals surface area (Å²) in [6.45, 7) is 8.81. The molecule has 0 spiro atoms. The second-order valence-corrected chi connectivity index (χ2v) is 18.3. The lowest BCUT2D eigenvalue weighted by atomic mass is 10.1. The molecule has 0 radical (unpaired) electrons. The predicted octanol–water partition coefficient (Wildman–Crippen LogP) is 9.78. The molecule has 0 bridgehead atoms. The number of aromatic nitrogens is 6. The maximum atomic E-state index is 12.6. The van der Waals surface area contributed by atoms with Gasteiger partial charge in [0.15, 0.2) is 16.1 Å². The number of ether oxygens (including phenoxy) is 1. The first-order chi connectivity index (χ1) is 31.6. The highest BCUT2D eigenvalue weighted by molar-refractivity contribution is 7.99. The van der Waals surface area contributed by atoms with Gasteiger partial charge in [-0.2, -0.15) is 0 Å². The van der Waals surface area contributed by atoms with Gasteiger partial charge in [0.1, 0.15) is 11.6 Å². The highest BCUT2D eigenvalue weighted by Crippen LogP contribution is 2.27. The minimum Gasteiger partial charge on any atom is -0.383 e. The summed E-state index contributed by atoms with van der Waals surface area (Å²) in [5.41, 5.74) is 5.30. The van der Waals surface area contributed by atoms with E-state index in [-0.39, 0.29) is 23.4 Å². The van der Waals surface area contributed by atoms with Gasteiger partial charge in [0.05, 0.1) is 24.6 Å². The maximum Gasteiger partial charge on any atom is 0.220 e. The Morgan fingerprint density at radius 3 is 2.05 bits per heavy atom. The molecule has 0 saturated carbocycles. The summed E-state index contributed by atoms with van der Waals surface area (Å²) in [7, 11) is 1.63. The third kappa shape index (κ3) is 17.9. The van der Waals surface area contributed by atoms with Gasteiger partial charge in [-0.1, -0.05) is 146 Å². The number of nitrogens with one attached hydrogen (secondary N) is 2. The van der Waals surface area contributed by atoms with Crippen molar-refractivity contribution in [1.82, 2.24) is 40.2 Å². The lowest BCUT2D eigenvalue weighted by Crippen LogP contribution is -2.26. The van der Waals surface area contributed by atoms with Gasteiger partial charge in [0.25, 0.3) is 0 Å². The monoisotopic (exact) mass is 936 g/mol. The number of halogens is 1. The van der Waals surface area contributed by atoms with Crippen LogP contribution in [-0.4, -0.2) is 79.7 Å². The summed E-state index contributed by atoms with van der Waals surface area (Å²) in [4.78, 5) is 36.4. The van der Waals surface area contributed by atoms with Gasteiger partial charge in [-0.15, -0.1) is 20.4 Å². The number of ketones is 1. The number of methoxy groups -OCH3 is 1. The van der Waals surface area contributed by atoms with Crippen LogP contribution in [0.4, 0.5) is 0 Å². The minimum absolute atomic E-state index is 0.0372. The zero-order valence-corrected chi connectivity index (χ0v) is 40.3. The second-order valence-electron chi connectivity index (χ2n) is 16.0. The number of aryl methyl sites for hydroxylation is 3. The SMILES string of the molecule is CC(C)CNC(=O)CCCCc1nnc(SCC(=O)c2ccccc2)n1-c1cccc(Cl)c1.COCCNC(=O)CCCCc1nnc(SCc2cccc(C)c2)n1Cc1ccccc1. The van der Waals surface area contributed by atoms with Gasteiger partial charge in [-0.25, -0.2) is 0 Å². The Labute approximate surface area is 397 Å². The number of amides is 2. The van der Waals surface area contributed by atoms with Crippen LogP contribution in [0.3, 0.4) is 0 Å². The minimum atomic E-state index is 0.0372. The molecule has 6 rings (SSSR count). The van der Waals surface area contributed by atoms with Crippen molar-refractivity contribution in [2.24, 2.45) is 5.92 Å². The fourth-order valence-corrected chi connectivity index (χ4v) is 8.63. The first kappa shape index (κ1) is 50.7. The Morgan fingerprint density at radius 1 is 0.708 bits per heavy atom. The van der Waals surface area contributed by atoms with Crippen molar-refractivity contribution < 1.29 is 19.1 Å². The van der Waals surface area contributed by atoms with Crippen molar-refractivity contribution in [2.75, 3.05) is 32.6 Å². The number of nitrogens with zero attached hydrogens (tertiary/aromatic N) is 6. The summed E-state index contributed by atoms with van der Waals surface area (Å²) < 4.78 is 9.13. The third-order valence-corrected chi connectivity index (χ3v) is 12.3. The molecule has 0 unspecified atom stereocenters. The number of Topliss-reactive ketones (excluding diaryl/α,β-unsaturated/α-hetero) is 1. The van der Waals surface area contributed by atoms with Crippen LogP contribution >= 0.6 is 35.1 Å². The summed E-state index contributed by atoms with van der Waals surface area (Å²) >= 11 is 9.30. The second kappa shape index (κ2) is 27.9. The molecule has 0 atom stereocenters. The Balaban J connectivity index is 0.000000244. The first-order valence-corrected chi connectivity index (χ1v) is 24.5. The smallest absolute Gasteiger partial charge is 0.220 e. The molecule has 0 aliphatic heterocycles. The quantitative estimate of drug-likeness (QED) is 0.0323. The first-order valence-electron chi connectivity index (χ1n) is 22.2. The summed E-state index contributed by atoms with van der Waals surface area (Å²) in [6.07, 6.45) is 5.77. The van der Waals surface area contributed by atoms with Crippen LogP contribution in [-0.2, 0) is 39.5 Å². The number of unbranched alkanes of at least 4 members (excludes halogenated alkanes) is 2. The van der Waals surface area contributed by atoms with Gasteiger partial charge in [-0.3, -0.25) is 19.0 Å². The highest BCUT2D eigenvalue weighted by atomic mass is 35.5. The average molecular weight is 938 g/mol. The van der Waals surface area contributed by atoms with Gasteiger partial charge >= 0.3 is 0 Å². The van der Waals surface area contributed by atoms with E-state index < -0.39 is 0 Å². The third-order valence-electron chi connectivity index (χ3n) is 10.1. The van der Waals surface area contributed by atoms with Crippen molar-refractivity contribution in [3.8, 4) is 5.69 Å². The molecule has 0 aliphatic rings. The Kier molecular flexibility index (Phi) is 21.8. The van der Waals surface area contributed by atoms with E-state index >= 15 is 0 Å². The van der Waals surface area contributed by atoms with Crippen molar-refractivity contribution in [1.29, 1.82) is 0 Å². The van der Waals surface area contributed by atoms with E-state index in [4.69, 9.17) is 16.3 Å². The summed E-state index contributed by atoms with van der Waals surface area (Å²) in [5, 5.41) is 25.7. The van der Waals surface area contributed by atoms with Crippen LogP contribution in [0.15, 0.2) is 120 Å². The molecule has 0 saturated heterocycles. The molecular formula is C50H61ClN8O4S2. The van der Waals surface area contributed by atoms with E-state index in [1.165, 1.54) is 28.5 Å². The molecule has 0 fully saturated rings. The van der Waals surface area contributed by atoms with Crippen molar-refractivity contribution >= 4 is 52.7 Å². The predicted molar refractivity (Wildman–Crippen MR) is 262 cm³/mol. The van der Waals surface area contributed by atoms with E-state index in [9.17, 15) is 14.4 Å². The molecule has 2 N–H and O–H groups in total. The largest absolute Gasteiger partial charge is 0.383 e. The fourth-order valence-electron chi connectivity index (χ4n) is 6.68. The number of rotatable bonds is 25. The number of thioether (sulfide) groups is 2. The zero-order chi connectivity index (χ0) is 46.2. The molecule has 6 aromatic rings. The Bertz CT molecular complexity index is 2380. The molecule has 2 amide bonds. The van der Waals surface area contributed by atoms with E-state index in [1.807, 2.05) is 65.2 Å². The number of hydrogen-bond donors (Lipinski definition) is 2. The van der Waals surface area contributed by atoms with Crippen LogP contribution in [0, 0.1) is 12.8 Å². The topological polar surface area (TPSA) is 146 Å². The molecule has 344 valence electrons. The fraction of sp³-hybridized carbons (Fsp3) is 0.380. The van der Waals surface area contributed by atoms with E-state index in [2.05, 4.69) is 105 Å². The lowest BCUT2D eigenvalue weighted by Gasteiger charge is -2.11. The Morgan fingerprint density at radius 2 is 1.35 bits per heavy atom. The summed E-state index contributed by atoms with van der Waals surface area (Å²) in [5.74, 6) is 3.51. The molecule has 12 nitrogen and oxygen atoms in total. The highest BCUT2D eigenvalue weighted by Gasteiger charge is 2.18. The number of carbonyl (C=O) groups excluding carboxylic acids is 3. The van der Waals surface area contributed by atoms with Crippen LogP contribution < -0.4 is 10.6 Å². The van der Waals surface area contributed by atoms with Crippen LogP contribution in [0.25, 0.3) is 5.69 Å². The van der Waals surface area contributed by atoms with Gasteiger partial charge < -0.3 is 19.9 Å². The van der Waals surface area contributed by atoms with E-state index in [1.54, 1.807) is 18.9 Å². The molecule has 2 aromatic heterocycles. The van der Waals surface area contributed by atoms with Gasteiger partial charge in [-0.05, 0) is 67.9 Å². The van der Waals surface area contributed by atoms with Crippen LogP contribution in [0.5, 0.6) is 0 Å². The number of hydrogen-bond acceptors (Lipinski definition) is 10. The summed E-state index contributed by atoms with van der Waals surface area (Å²) in [6, 6.07) is 35.7. The number of carbonyl (C=O) groups is 3. The molecule has 2 heterocycles. The molecule has 15 heteroatoms. The Hall–Kier alpha value is -5.28. The lowest BCUT2D eigenvalue weighted by molar-refractivity contribution is -0.122. The standard InChI is InChI=1S/C25H29ClN4O2S.C25H32N4O2S/c1-18(2)16-27-24(32)14-7-6-13-23-28-29-25(30(23)21-12-8-11-20(26)15-21)33-17-22(31)19-9-4-3-5-10-19;1-20-9-8-12-22(17-20)19-32-25-28-27-23(29(25)18-21-10-4-3-5-11-21)13-6-7-14-24(30)26-15-16-31-2/h3-5,8-12,15,18H,6-7,13-14,16-17H2,1-2H3,(H,27,32);3-5,8-12,17H,6-7,13-16,18-19H2,1-2H3,(H,26,30). The van der Waals surface area contributed by atoms with E-state index in [0.29, 0.717) is 60.6 Å². The van der Waals surface area contributed by atoms with Crippen molar-refractivity contribution in [3.05, 3.63) is 148 Å². The zero-order valence-electron chi connectivity index (χ0n) is 37.9. The van der Waals surface area contributed by atoms with Crippen LogP contribution in [0.2, 0.25) is 5.02 Å². The van der Waals surface area contributed by atoms with Crippen molar-refractivity contribution in [3.63, 3.8) is 0 Å². The van der Waals surface area contributed by atoms with Gasteiger partial charge in [0, 0.05) is 62.2 Å². The molecular weight excluding hydrogens is 876 g/mol. The van der Waals surface area contributed by atoms with E-state index in [0.717, 1.165) is 66.9 Å². The number of benzene rings is 4. The molecule has 65 heavy (non-hydrogen) atoms. The normalized spacial score (nSPS) is 11.0.